The Balaban J connectivity index is 1.35. The fourth-order valence-electron chi connectivity index (χ4n) is 4.52. The number of halogens is 1. The number of thiol groups is 1. The molecule has 1 saturated heterocycles. The predicted octanol–water partition coefficient (Wildman–Crippen LogP) is 5.55. The minimum atomic E-state index is 0.310. The molecule has 162 valence electrons. The van der Waals surface area contributed by atoms with Crippen molar-refractivity contribution in [3.05, 3.63) is 94.5 Å². The highest BCUT2D eigenvalue weighted by molar-refractivity contribution is 7.80. The van der Waals surface area contributed by atoms with Crippen molar-refractivity contribution in [2.75, 3.05) is 38.5 Å². The van der Waals surface area contributed by atoms with Gasteiger partial charge in [0.2, 0.25) is 0 Å². The minimum absolute atomic E-state index is 0.310. The number of anilines is 1. The number of nitrogens with two attached hydrogens (primary N) is 1. The molecule has 3 nitrogen and oxygen atoms in total. The van der Waals surface area contributed by atoms with Gasteiger partial charge >= 0.3 is 0 Å². The van der Waals surface area contributed by atoms with Crippen molar-refractivity contribution in [3.63, 3.8) is 0 Å². The molecule has 0 aliphatic carbocycles. The van der Waals surface area contributed by atoms with E-state index in [4.69, 9.17) is 17.3 Å². The van der Waals surface area contributed by atoms with Gasteiger partial charge in [-0.15, -0.1) is 12.6 Å². The molecule has 0 spiro atoms. The van der Waals surface area contributed by atoms with Crippen molar-refractivity contribution < 1.29 is 0 Å². The zero-order valence-corrected chi connectivity index (χ0v) is 19.4. The van der Waals surface area contributed by atoms with E-state index in [-0.39, 0.29) is 0 Å². The first-order valence-electron chi connectivity index (χ1n) is 10.9. The van der Waals surface area contributed by atoms with Crippen molar-refractivity contribution >= 4 is 29.9 Å². The second-order valence-corrected chi connectivity index (χ2v) is 9.12. The lowest BCUT2D eigenvalue weighted by atomic mass is 9.96. The Bertz CT molecular complexity index is 910. The number of nitrogen functional groups attached to an aromatic ring is 1. The highest BCUT2D eigenvalue weighted by atomic mass is 35.5. The molecule has 3 aromatic rings. The highest BCUT2D eigenvalue weighted by Gasteiger charge is 2.26. The Morgan fingerprint density at radius 2 is 1.45 bits per heavy atom. The summed E-state index contributed by atoms with van der Waals surface area (Å²) in [5, 5.41) is 0.647. The molecule has 0 bridgehead atoms. The largest absolute Gasteiger partial charge is 0.398 e. The van der Waals surface area contributed by atoms with E-state index in [9.17, 15) is 0 Å². The van der Waals surface area contributed by atoms with Gasteiger partial charge in [-0.2, -0.15) is 0 Å². The number of nitrogens with zero attached hydrogens (tertiary/aromatic N) is 2. The molecular formula is C26H30ClN3S. The monoisotopic (exact) mass is 451 g/mol. The summed E-state index contributed by atoms with van der Waals surface area (Å²) >= 11 is 10.6. The molecule has 0 radical (unpaired) electrons. The van der Waals surface area contributed by atoms with Crippen LogP contribution in [0.3, 0.4) is 0 Å². The Kier molecular flexibility index (Phi) is 7.57. The Hall–Kier alpha value is -1.98. The molecule has 31 heavy (non-hydrogen) atoms. The van der Waals surface area contributed by atoms with E-state index in [1.165, 1.54) is 11.1 Å². The summed E-state index contributed by atoms with van der Waals surface area (Å²) in [5.41, 5.74) is 10.7. The van der Waals surface area contributed by atoms with Gasteiger partial charge in [-0.1, -0.05) is 72.3 Å². The van der Waals surface area contributed by atoms with Gasteiger partial charge in [0.25, 0.3) is 0 Å². The standard InChI is InChI=1S/C26H30ClN3S/c27-22-18-24(28)23(25(31)19-22)12-7-13-29-14-16-30(17-15-29)26(20-8-3-1-4-9-20)21-10-5-2-6-11-21/h1-6,8-11,18-19,26,31H,7,12-17,28H2. The van der Waals surface area contributed by atoms with Crippen molar-refractivity contribution in [3.8, 4) is 0 Å². The van der Waals surface area contributed by atoms with E-state index < -0.39 is 0 Å². The lowest BCUT2D eigenvalue weighted by Crippen LogP contribution is -2.48. The lowest BCUT2D eigenvalue weighted by Gasteiger charge is -2.40. The van der Waals surface area contributed by atoms with Gasteiger partial charge < -0.3 is 10.6 Å². The van der Waals surface area contributed by atoms with Crippen LogP contribution in [0.2, 0.25) is 5.02 Å². The number of rotatable bonds is 7. The van der Waals surface area contributed by atoms with Crippen LogP contribution in [-0.2, 0) is 6.42 Å². The topological polar surface area (TPSA) is 32.5 Å². The molecule has 0 saturated carbocycles. The van der Waals surface area contributed by atoms with E-state index in [2.05, 4.69) is 83.1 Å². The average Bonchev–Trinajstić information content (AvgIpc) is 2.78. The number of hydrogen-bond acceptors (Lipinski definition) is 4. The van der Waals surface area contributed by atoms with Crippen LogP contribution in [0.25, 0.3) is 0 Å². The number of piperazine rings is 1. The number of benzene rings is 3. The van der Waals surface area contributed by atoms with Gasteiger partial charge in [0, 0.05) is 41.8 Å². The first-order chi connectivity index (χ1) is 15.1. The SMILES string of the molecule is Nc1cc(Cl)cc(S)c1CCCN1CCN(C(c2ccccc2)c2ccccc2)CC1. The second kappa shape index (κ2) is 10.6. The van der Waals surface area contributed by atoms with Gasteiger partial charge in [-0.25, -0.2) is 0 Å². The van der Waals surface area contributed by atoms with Gasteiger partial charge in [0.15, 0.2) is 0 Å². The third-order valence-corrected chi connectivity index (χ3v) is 6.75. The quantitative estimate of drug-likeness (QED) is 0.365. The zero-order chi connectivity index (χ0) is 21.6. The summed E-state index contributed by atoms with van der Waals surface area (Å²) < 4.78 is 0. The molecule has 5 heteroatoms. The molecule has 1 aliphatic rings. The molecule has 2 N–H and O–H groups in total. The van der Waals surface area contributed by atoms with Gasteiger partial charge in [-0.05, 0) is 48.2 Å². The van der Waals surface area contributed by atoms with Crippen LogP contribution >= 0.6 is 24.2 Å². The van der Waals surface area contributed by atoms with Crippen LogP contribution in [0.5, 0.6) is 0 Å². The van der Waals surface area contributed by atoms with Crippen molar-refractivity contribution in [2.24, 2.45) is 0 Å². The molecule has 0 atom stereocenters. The van der Waals surface area contributed by atoms with E-state index in [0.29, 0.717) is 11.1 Å². The minimum Gasteiger partial charge on any atom is -0.398 e. The summed E-state index contributed by atoms with van der Waals surface area (Å²) in [6.45, 7) is 5.37. The molecule has 1 aliphatic heterocycles. The first-order valence-corrected chi connectivity index (χ1v) is 11.8. The third kappa shape index (κ3) is 5.64. The summed E-state index contributed by atoms with van der Waals surface area (Å²) in [4.78, 5) is 6.07. The molecular weight excluding hydrogens is 422 g/mol. The molecule has 0 unspecified atom stereocenters. The maximum absolute atomic E-state index is 6.15. The molecule has 1 heterocycles. The smallest absolute Gasteiger partial charge is 0.0602 e. The molecule has 4 rings (SSSR count). The van der Waals surface area contributed by atoms with Gasteiger partial charge in [0.05, 0.1) is 6.04 Å². The van der Waals surface area contributed by atoms with Gasteiger partial charge in [-0.3, -0.25) is 4.90 Å². The van der Waals surface area contributed by atoms with Crippen molar-refractivity contribution in [1.82, 2.24) is 9.80 Å². The van der Waals surface area contributed by atoms with Gasteiger partial charge in [0.1, 0.15) is 0 Å². The normalized spacial score (nSPS) is 15.5. The first kappa shape index (κ1) is 22.2. The molecule has 1 fully saturated rings. The van der Waals surface area contributed by atoms with Crippen LogP contribution in [-0.4, -0.2) is 42.5 Å². The van der Waals surface area contributed by atoms with E-state index in [0.717, 1.165) is 61.7 Å². The Morgan fingerprint density at radius 3 is 2.00 bits per heavy atom. The van der Waals surface area contributed by atoms with Crippen molar-refractivity contribution in [1.29, 1.82) is 0 Å². The summed E-state index contributed by atoms with van der Waals surface area (Å²) in [7, 11) is 0. The highest BCUT2D eigenvalue weighted by Crippen LogP contribution is 2.30. The van der Waals surface area contributed by atoms with E-state index >= 15 is 0 Å². The average molecular weight is 452 g/mol. The fourth-order valence-corrected chi connectivity index (χ4v) is 5.21. The molecule has 0 aromatic heterocycles. The molecule has 3 aromatic carbocycles. The van der Waals surface area contributed by atoms with Crippen LogP contribution < -0.4 is 5.73 Å². The summed E-state index contributed by atoms with van der Waals surface area (Å²) in [6.07, 6.45) is 2.00. The molecule has 0 amide bonds. The Morgan fingerprint density at radius 1 is 0.871 bits per heavy atom. The fraction of sp³-hybridized carbons (Fsp3) is 0.308. The van der Waals surface area contributed by atoms with E-state index in [1.807, 2.05) is 12.1 Å². The van der Waals surface area contributed by atoms with Crippen LogP contribution in [0.15, 0.2) is 77.7 Å². The lowest BCUT2D eigenvalue weighted by molar-refractivity contribution is 0.109. The predicted molar refractivity (Wildman–Crippen MR) is 134 cm³/mol. The maximum atomic E-state index is 6.15. The van der Waals surface area contributed by atoms with E-state index in [1.54, 1.807) is 0 Å². The third-order valence-electron chi connectivity index (χ3n) is 6.13. The van der Waals surface area contributed by atoms with Crippen molar-refractivity contribution in [2.45, 2.75) is 23.8 Å². The number of hydrogen-bond donors (Lipinski definition) is 2. The maximum Gasteiger partial charge on any atom is 0.0602 e. The van der Waals surface area contributed by atoms with Crippen LogP contribution in [0.4, 0.5) is 5.69 Å². The zero-order valence-electron chi connectivity index (χ0n) is 17.8. The Labute approximate surface area is 196 Å². The van der Waals surface area contributed by atoms with Crippen LogP contribution in [0.1, 0.15) is 29.2 Å². The second-order valence-electron chi connectivity index (χ2n) is 8.20. The summed E-state index contributed by atoms with van der Waals surface area (Å²) in [6, 6.07) is 25.7. The van der Waals surface area contributed by atoms with Crippen LogP contribution in [0, 0.1) is 0 Å². The summed E-state index contributed by atoms with van der Waals surface area (Å²) in [5.74, 6) is 0.